The zero-order valence-corrected chi connectivity index (χ0v) is 21.9. The highest BCUT2D eigenvalue weighted by Gasteiger charge is 2.33. The van der Waals surface area contributed by atoms with E-state index in [9.17, 15) is 9.59 Å². The Morgan fingerprint density at radius 3 is 2.55 bits per heavy atom. The monoisotopic (exact) mass is 490 g/mol. The highest BCUT2D eigenvalue weighted by Crippen LogP contribution is 2.30. The van der Waals surface area contributed by atoms with Crippen LogP contribution >= 0.6 is 23.4 Å². The average Bonchev–Trinajstić information content (AvgIpc) is 3.32. The van der Waals surface area contributed by atoms with E-state index in [2.05, 4.69) is 29.7 Å². The topological polar surface area (TPSA) is 40.6 Å². The van der Waals surface area contributed by atoms with Crippen molar-refractivity contribution in [3.05, 3.63) is 33.8 Å². The van der Waals surface area contributed by atoms with E-state index in [1.165, 1.54) is 42.6 Å². The van der Waals surface area contributed by atoms with Crippen molar-refractivity contribution in [2.75, 3.05) is 31.1 Å². The lowest BCUT2D eigenvalue weighted by molar-refractivity contribution is -0.140. The molecule has 1 aromatic carbocycles. The highest BCUT2D eigenvalue weighted by atomic mass is 35.5. The van der Waals surface area contributed by atoms with Gasteiger partial charge in [0, 0.05) is 56.0 Å². The molecule has 0 bridgehead atoms. The molecule has 0 radical (unpaired) electrons. The average molecular weight is 491 g/mol. The molecule has 2 aliphatic heterocycles. The fourth-order valence-corrected chi connectivity index (χ4v) is 7.29. The highest BCUT2D eigenvalue weighted by molar-refractivity contribution is 7.99. The summed E-state index contributed by atoms with van der Waals surface area (Å²) in [5.74, 6) is 3.87. The van der Waals surface area contributed by atoms with E-state index >= 15 is 0 Å². The fraction of sp³-hybridized carbons (Fsp3) is 0.704. The summed E-state index contributed by atoms with van der Waals surface area (Å²) in [6.45, 7) is 7.72. The van der Waals surface area contributed by atoms with Crippen LogP contribution in [-0.2, 0) is 22.6 Å². The predicted octanol–water partition coefficient (Wildman–Crippen LogP) is 5.52. The minimum absolute atomic E-state index is 0.237. The molecule has 6 heteroatoms. The summed E-state index contributed by atoms with van der Waals surface area (Å²) in [6.07, 6.45) is 8.13. The SMILES string of the molecule is Cc1c(CC(=O)CC2CCCSC2)cc(Cl)cc1CN1CCN(C(=O)C2CCCC2)[C@@H](C)C1. The maximum atomic E-state index is 12.9. The van der Waals surface area contributed by atoms with Crippen molar-refractivity contribution in [2.24, 2.45) is 11.8 Å². The van der Waals surface area contributed by atoms with Gasteiger partial charge in [0.1, 0.15) is 5.78 Å². The Kier molecular flexibility index (Phi) is 8.81. The van der Waals surface area contributed by atoms with Crippen molar-refractivity contribution < 1.29 is 9.59 Å². The number of piperazine rings is 1. The molecule has 4 rings (SSSR count). The first-order valence-corrected chi connectivity index (χ1v) is 14.3. The maximum absolute atomic E-state index is 12.9. The molecule has 4 nitrogen and oxygen atoms in total. The van der Waals surface area contributed by atoms with Crippen LogP contribution in [0.25, 0.3) is 0 Å². The van der Waals surface area contributed by atoms with E-state index in [4.69, 9.17) is 11.6 Å². The number of rotatable bonds is 7. The van der Waals surface area contributed by atoms with Gasteiger partial charge in [-0.3, -0.25) is 14.5 Å². The fourth-order valence-electron chi connectivity index (χ4n) is 5.87. The van der Waals surface area contributed by atoms with Gasteiger partial charge in [-0.15, -0.1) is 0 Å². The quantitative estimate of drug-likeness (QED) is 0.504. The molecule has 2 saturated heterocycles. The number of amides is 1. The van der Waals surface area contributed by atoms with Gasteiger partial charge in [0.25, 0.3) is 0 Å². The van der Waals surface area contributed by atoms with Crippen LogP contribution in [0.1, 0.15) is 68.6 Å². The van der Waals surface area contributed by atoms with E-state index in [0.29, 0.717) is 30.4 Å². The van der Waals surface area contributed by atoms with Crippen molar-refractivity contribution in [3.63, 3.8) is 0 Å². The molecular formula is C27H39ClN2O2S. The second-order valence-corrected chi connectivity index (χ2v) is 12.0. The second-order valence-electron chi connectivity index (χ2n) is 10.4. The van der Waals surface area contributed by atoms with Crippen LogP contribution in [0.5, 0.6) is 0 Å². The Balaban J connectivity index is 1.35. The molecule has 182 valence electrons. The normalized spacial score (nSPS) is 24.9. The minimum atomic E-state index is 0.237. The van der Waals surface area contributed by atoms with Crippen molar-refractivity contribution in [3.8, 4) is 0 Å². The molecule has 2 atom stereocenters. The summed E-state index contributed by atoms with van der Waals surface area (Å²) >= 11 is 8.48. The molecule has 2 heterocycles. The third-order valence-electron chi connectivity index (χ3n) is 7.84. The number of Topliss-reactive ketones (excluding diaryl/α,β-unsaturated/α-hetero) is 1. The van der Waals surface area contributed by atoms with E-state index in [-0.39, 0.29) is 12.0 Å². The number of hydrogen-bond donors (Lipinski definition) is 0. The zero-order valence-electron chi connectivity index (χ0n) is 20.3. The summed E-state index contributed by atoms with van der Waals surface area (Å²) in [7, 11) is 0. The lowest BCUT2D eigenvalue weighted by atomic mass is 9.93. The summed E-state index contributed by atoms with van der Waals surface area (Å²) in [5, 5.41) is 0.717. The number of ketones is 1. The largest absolute Gasteiger partial charge is 0.337 e. The van der Waals surface area contributed by atoms with Crippen molar-refractivity contribution in [1.82, 2.24) is 9.80 Å². The van der Waals surface area contributed by atoms with Crippen LogP contribution < -0.4 is 0 Å². The van der Waals surface area contributed by atoms with E-state index < -0.39 is 0 Å². The van der Waals surface area contributed by atoms with Gasteiger partial charge < -0.3 is 4.90 Å². The molecule has 1 aromatic rings. The summed E-state index contributed by atoms with van der Waals surface area (Å²) < 4.78 is 0. The predicted molar refractivity (Wildman–Crippen MR) is 138 cm³/mol. The molecule has 3 aliphatic rings. The van der Waals surface area contributed by atoms with Gasteiger partial charge in [0.2, 0.25) is 5.91 Å². The van der Waals surface area contributed by atoms with Crippen LogP contribution in [0.4, 0.5) is 0 Å². The van der Waals surface area contributed by atoms with E-state index in [1.54, 1.807) is 0 Å². The number of benzene rings is 1. The number of nitrogens with zero attached hydrogens (tertiary/aromatic N) is 2. The van der Waals surface area contributed by atoms with Gasteiger partial charge in [-0.2, -0.15) is 11.8 Å². The van der Waals surface area contributed by atoms with Gasteiger partial charge in [-0.1, -0.05) is 24.4 Å². The first-order chi connectivity index (χ1) is 15.9. The van der Waals surface area contributed by atoms with Crippen molar-refractivity contribution >= 4 is 35.1 Å². The lowest BCUT2D eigenvalue weighted by Gasteiger charge is -2.41. The second kappa shape index (κ2) is 11.6. The van der Waals surface area contributed by atoms with Crippen LogP contribution in [0.3, 0.4) is 0 Å². The van der Waals surface area contributed by atoms with E-state index in [0.717, 1.165) is 55.4 Å². The Morgan fingerprint density at radius 1 is 1.09 bits per heavy atom. The standard InChI is InChI=1S/C27H39ClN2O2S/c1-19-16-29(9-10-30(19)27(32)22-7-3-4-8-22)17-24-14-25(28)13-23(20(24)2)15-26(31)12-21-6-5-11-33-18-21/h13-14,19,21-22H,3-12,15-18H2,1-2H3/t19-,21?/m0/s1. The van der Waals surface area contributed by atoms with Crippen molar-refractivity contribution in [2.45, 2.75) is 77.8 Å². The number of hydrogen-bond acceptors (Lipinski definition) is 4. The van der Waals surface area contributed by atoms with Gasteiger partial charge >= 0.3 is 0 Å². The number of halogens is 1. The molecule has 1 aliphatic carbocycles. The molecule has 0 N–H and O–H groups in total. The van der Waals surface area contributed by atoms with Crippen LogP contribution in [0.15, 0.2) is 12.1 Å². The smallest absolute Gasteiger partial charge is 0.226 e. The maximum Gasteiger partial charge on any atom is 0.226 e. The minimum Gasteiger partial charge on any atom is -0.337 e. The molecule has 1 saturated carbocycles. The third kappa shape index (κ3) is 6.55. The van der Waals surface area contributed by atoms with Gasteiger partial charge in [0.15, 0.2) is 0 Å². The van der Waals surface area contributed by atoms with Gasteiger partial charge in [-0.05, 0) is 85.8 Å². The molecule has 0 aromatic heterocycles. The van der Waals surface area contributed by atoms with Gasteiger partial charge in [0.05, 0.1) is 0 Å². The zero-order chi connectivity index (χ0) is 23.4. The Bertz CT molecular complexity index is 849. The molecular weight excluding hydrogens is 452 g/mol. The first kappa shape index (κ1) is 25.1. The molecule has 1 unspecified atom stereocenters. The van der Waals surface area contributed by atoms with Crippen LogP contribution in [0, 0.1) is 18.8 Å². The molecule has 3 fully saturated rings. The number of thioether (sulfide) groups is 1. The Morgan fingerprint density at radius 2 is 1.85 bits per heavy atom. The summed E-state index contributed by atoms with van der Waals surface area (Å²) in [5.41, 5.74) is 3.48. The lowest BCUT2D eigenvalue weighted by Crippen LogP contribution is -2.54. The third-order valence-corrected chi connectivity index (χ3v) is 9.34. The molecule has 33 heavy (non-hydrogen) atoms. The number of carbonyl (C=O) groups is 2. The Labute approximate surface area is 208 Å². The summed E-state index contributed by atoms with van der Waals surface area (Å²) in [6, 6.07) is 4.28. The summed E-state index contributed by atoms with van der Waals surface area (Å²) in [4.78, 5) is 30.3. The number of carbonyl (C=O) groups excluding carboxylic acids is 2. The first-order valence-electron chi connectivity index (χ1n) is 12.8. The molecule has 1 amide bonds. The van der Waals surface area contributed by atoms with Crippen LogP contribution in [-0.4, -0.2) is 58.7 Å². The van der Waals surface area contributed by atoms with Crippen molar-refractivity contribution in [1.29, 1.82) is 0 Å². The molecule has 0 spiro atoms. The Hall–Kier alpha value is -1.04. The van der Waals surface area contributed by atoms with Crippen LogP contribution in [0.2, 0.25) is 5.02 Å². The van der Waals surface area contributed by atoms with E-state index in [1.807, 2.05) is 17.8 Å². The van der Waals surface area contributed by atoms with Gasteiger partial charge in [-0.25, -0.2) is 0 Å².